The highest BCUT2D eigenvalue weighted by Crippen LogP contribution is 2.31. The van der Waals surface area contributed by atoms with E-state index in [0.717, 1.165) is 83.7 Å². The second-order valence-electron chi connectivity index (χ2n) is 8.59. The Morgan fingerprint density at radius 3 is 2.77 bits per heavy atom. The number of piperazine rings is 1. The summed E-state index contributed by atoms with van der Waals surface area (Å²) >= 11 is 1.42. The fraction of sp³-hybridized carbons (Fsp3) is 0.320. The number of nitriles is 1. The average Bonchev–Trinajstić information content (AvgIpc) is 3.47. The molecule has 4 heterocycles. The Morgan fingerprint density at radius 2 is 2.03 bits per heavy atom. The molecule has 0 bridgehead atoms. The molecule has 4 aromatic rings. The minimum Gasteiger partial charge on any atom is -0.361 e. The number of fused-ring (bicyclic) bond motifs is 1. The molecular formula is C25H26N8OS. The van der Waals surface area contributed by atoms with E-state index in [1.807, 2.05) is 25.1 Å². The first-order valence-corrected chi connectivity index (χ1v) is 12.4. The molecule has 3 aromatic heterocycles. The summed E-state index contributed by atoms with van der Waals surface area (Å²) in [6.07, 6.45) is 8.39. The Morgan fingerprint density at radius 1 is 1.23 bits per heavy atom. The number of carbonyl (C=O) groups is 1. The fourth-order valence-corrected chi connectivity index (χ4v) is 5.32. The minimum atomic E-state index is 0.664. The maximum Gasteiger partial charge on any atom is 0.225 e. The Bertz CT molecular complexity index is 1360. The van der Waals surface area contributed by atoms with Gasteiger partial charge < -0.3 is 15.2 Å². The molecule has 1 saturated heterocycles. The van der Waals surface area contributed by atoms with Crippen LogP contribution >= 0.6 is 11.3 Å². The summed E-state index contributed by atoms with van der Waals surface area (Å²) < 4.78 is 0. The Balaban J connectivity index is 1.12. The zero-order valence-corrected chi connectivity index (χ0v) is 20.3. The summed E-state index contributed by atoms with van der Waals surface area (Å²) in [6.45, 7) is 6.64. The van der Waals surface area contributed by atoms with Crippen LogP contribution in [0.4, 0.5) is 10.9 Å². The number of rotatable bonds is 8. The smallest absolute Gasteiger partial charge is 0.225 e. The third-order valence-corrected chi connectivity index (χ3v) is 7.48. The van der Waals surface area contributed by atoms with Crippen molar-refractivity contribution in [2.24, 2.45) is 0 Å². The van der Waals surface area contributed by atoms with Crippen molar-refractivity contribution in [3.05, 3.63) is 53.6 Å². The van der Waals surface area contributed by atoms with Gasteiger partial charge >= 0.3 is 0 Å². The third kappa shape index (κ3) is 5.01. The summed E-state index contributed by atoms with van der Waals surface area (Å²) in [5, 5.41) is 14.5. The lowest BCUT2D eigenvalue weighted by molar-refractivity contribution is -0.105. The van der Waals surface area contributed by atoms with Crippen LogP contribution < -0.4 is 10.2 Å². The molecule has 0 radical (unpaired) electrons. The van der Waals surface area contributed by atoms with Crippen LogP contribution in [-0.2, 0) is 11.2 Å². The van der Waals surface area contributed by atoms with Gasteiger partial charge in [0, 0.05) is 61.2 Å². The Hall–Kier alpha value is -3.81. The zero-order valence-electron chi connectivity index (χ0n) is 19.5. The van der Waals surface area contributed by atoms with Crippen molar-refractivity contribution in [2.75, 3.05) is 42.9 Å². The largest absolute Gasteiger partial charge is 0.361 e. The first kappa shape index (κ1) is 23.0. The number of nitrogens with zero attached hydrogens (tertiary/aromatic N) is 6. The van der Waals surface area contributed by atoms with Crippen molar-refractivity contribution < 1.29 is 4.79 Å². The van der Waals surface area contributed by atoms with Gasteiger partial charge in [-0.2, -0.15) is 5.26 Å². The van der Waals surface area contributed by atoms with Gasteiger partial charge in [-0.1, -0.05) is 11.3 Å². The molecule has 35 heavy (non-hydrogen) atoms. The van der Waals surface area contributed by atoms with E-state index in [2.05, 4.69) is 47.3 Å². The van der Waals surface area contributed by atoms with Crippen LogP contribution in [0.2, 0.25) is 0 Å². The van der Waals surface area contributed by atoms with Gasteiger partial charge in [0.2, 0.25) is 12.4 Å². The predicted molar refractivity (Wildman–Crippen MR) is 138 cm³/mol. The molecule has 5 rings (SSSR count). The number of hydrogen-bond donors (Lipinski definition) is 2. The molecule has 1 aromatic carbocycles. The van der Waals surface area contributed by atoms with E-state index >= 15 is 0 Å². The molecule has 1 aliphatic rings. The van der Waals surface area contributed by atoms with Crippen LogP contribution in [-0.4, -0.2) is 64.0 Å². The molecule has 10 heteroatoms. The standard InChI is InChI=1S/C25H26N8OS/c1-17-23(30-16-34)35-24(31-17)20-14-28-25(29-15-20)33-9-7-32(8-10-33)6-2-3-19-13-27-22-5-4-18(12-26)11-21(19)22/h4-5,11,13-16,27H,2-3,6-10H2,1H3,(H,30,34). The molecule has 1 aliphatic heterocycles. The molecule has 9 nitrogen and oxygen atoms in total. The Kier molecular flexibility index (Phi) is 6.70. The number of H-pyrrole nitrogens is 1. The highest BCUT2D eigenvalue weighted by Gasteiger charge is 2.19. The van der Waals surface area contributed by atoms with Gasteiger partial charge in [-0.05, 0) is 50.1 Å². The Labute approximate surface area is 207 Å². The average molecular weight is 487 g/mol. The van der Waals surface area contributed by atoms with Crippen LogP contribution in [0.3, 0.4) is 0 Å². The molecule has 1 amide bonds. The monoisotopic (exact) mass is 486 g/mol. The van der Waals surface area contributed by atoms with E-state index in [1.54, 1.807) is 12.4 Å². The molecule has 0 atom stereocenters. The van der Waals surface area contributed by atoms with Crippen molar-refractivity contribution >= 4 is 39.6 Å². The summed E-state index contributed by atoms with van der Waals surface area (Å²) in [4.78, 5) is 32.4. The van der Waals surface area contributed by atoms with Crippen LogP contribution in [0.25, 0.3) is 21.5 Å². The molecule has 178 valence electrons. The van der Waals surface area contributed by atoms with E-state index in [9.17, 15) is 10.1 Å². The number of amides is 1. The van der Waals surface area contributed by atoms with Gasteiger partial charge in [0.15, 0.2) is 0 Å². The maximum absolute atomic E-state index is 10.7. The molecular weight excluding hydrogens is 460 g/mol. The highest BCUT2D eigenvalue weighted by molar-refractivity contribution is 7.19. The predicted octanol–water partition coefficient (Wildman–Crippen LogP) is 3.58. The molecule has 2 N–H and O–H groups in total. The van der Waals surface area contributed by atoms with E-state index in [-0.39, 0.29) is 0 Å². The number of hydrogen-bond acceptors (Lipinski definition) is 8. The summed E-state index contributed by atoms with van der Waals surface area (Å²) in [5.74, 6) is 0.736. The van der Waals surface area contributed by atoms with Gasteiger partial charge in [0.25, 0.3) is 0 Å². The second-order valence-corrected chi connectivity index (χ2v) is 9.58. The van der Waals surface area contributed by atoms with Gasteiger partial charge in [0.1, 0.15) is 10.0 Å². The topological polar surface area (TPSA) is 114 Å². The van der Waals surface area contributed by atoms with Crippen LogP contribution in [0.15, 0.2) is 36.8 Å². The van der Waals surface area contributed by atoms with Crippen molar-refractivity contribution in [1.82, 2.24) is 24.8 Å². The normalized spacial score (nSPS) is 14.2. The van der Waals surface area contributed by atoms with E-state index < -0.39 is 0 Å². The lowest BCUT2D eigenvalue weighted by Crippen LogP contribution is -2.47. The number of thiazole rings is 1. The van der Waals surface area contributed by atoms with E-state index in [4.69, 9.17) is 0 Å². The number of nitrogens with one attached hydrogen (secondary N) is 2. The molecule has 0 aliphatic carbocycles. The quantitative estimate of drug-likeness (QED) is 0.366. The van der Waals surface area contributed by atoms with Gasteiger partial charge in [-0.25, -0.2) is 15.0 Å². The van der Waals surface area contributed by atoms with Gasteiger partial charge in [-0.3, -0.25) is 9.69 Å². The lowest BCUT2D eigenvalue weighted by Gasteiger charge is -2.34. The fourth-order valence-electron chi connectivity index (χ4n) is 4.42. The number of anilines is 2. The first-order chi connectivity index (χ1) is 17.1. The number of aromatic nitrogens is 4. The van der Waals surface area contributed by atoms with Crippen LogP contribution in [0, 0.1) is 18.3 Å². The second kappa shape index (κ2) is 10.2. The molecule has 0 spiro atoms. The van der Waals surface area contributed by atoms with Crippen LogP contribution in [0.1, 0.15) is 23.2 Å². The summed E-state index contributed by atoms with van der Waals surface area (Å²) in [7, 11) is 0. The lowest BCUT2D eigenvalue weighted by atomic mass is 10.1. The zero-order chi connectivity index (χ0) is 24.2. The highest BCUT2D eigenvalue weighted by atomic mass is 32.1. The SMILES string of the molecule is Cc1nc(-c2cnc(N3CCN(CCCc4c[nH]c5ccc(C#N)cc45)CC3)nc2)sc1NC=O. The van der Waals surface area contributed by atoms with Crippen LogP contribution in [0.5, 0.6) is 0 Å². The number of aromatic amines is 1. The van der Waals surface area contributed by atoms with Gasteiger partial charge in [0.05, 0.1) is 17.3 Å². The van der Waals surface area contributed by atoms with Crippen molar-refractivity contribution in [1.29, 1.82) is 5.26 Å². The van der Waals surface area contributed by atoms with Crippen molar-refractivity contribution in [3.63, 3.8) is 0 Å². The molecule has 0 unspecified atom stereocenters. The minimum absolute atomic E-state index is 0.664. The van der Waals surface area contributed by atoms with E-state index in [0.29, 0.717) is 12.0 Å². The van der Waals surface area contributed by atoms with Crippen molar-refractivity contribution in [2.45, 2.75) is 19.8 Å². The summed E-state index contributed by atoms with van der Waals surface area (Å²) in [6, 6.07) is 8.03. The molecule has 0 saturated carbocycles. The first-order valence-electron chi connectivity index (χ1n) is 11.6. The summed E-state index contributed by atoms with van der Waals surface area (Å²) in [5.41, 5.74) is 4.69. The number of carbonyl (C=O) groups excluding carboxylic acids is 1. The van der Waals surface area contributed by atoms with E-state index in [1.165, 1.54) is 16.9 Å². The molecule has 1 fully saturated rings. The number of aryl methyl sites for hydroxylation is 2. The maximum atomic E-state index is 10.7. The van der Waals surface area contributed by atoms with Gasteiger partial charge in [-0.15, -0.1) is 0 Å². The van der Waals surface area contributed by atoms with Crippen molar-refractivity contribution in [3.8, 4) is 16.6 Å². The number of benzene rings is 1. The third-order valence-electron chi connectivity index (χ3n) is 6.34.